The van der Waals surface area contributed by atoms with Crippen LogP contribution in [0.25, 0.3) is 0 Å². The quantitative estimate of drug-likeness (QED) is 0.905. The van der Waals surface area contributed by atoms with Crippen molar-refractivity contribution in [3.05, 3.63) is 47.9 Å². The summed E-state index contributed by atoms with van der Waals surface area (Å²) in [4.78, 5) is 21.9. The van der Waals surface area contributed by atoms with E-state index in [0.29, 0.717) is 11.7 Å². The molecule has 0 saturated carbocycles. The molecule has 1 saturated heterocycles. The number of anilines is 1. The molecule has 2 heterocycles. The minimum absolute atomic E-state index is 0.162. The maximum Gasteiger partial charge on any atom is 0.271 e. The Morgan fingerprint density at radius 2 is 1.80 bits per heavy atom. The third-order valence-corrected chi connectivity index (χ3v) is 4.50. The van der Waals surface area contributed by atoms with Crippen LogP contribution in [-0.4, -0.2) is 35.1 Å². The van der Waals surface area contributed by atoms with E-state index in [1.165, 1.54) is 11.8 Å². The Labute approximate surface area is 148 Å². The molecular weight excluding hydrogens is 316 g/mol. The first-order valence-electron chi connectivity index (χ1n) is 8.67. The van der Waals surface area contributed by atoms with Gasteiger partial charge in [-0.3, -0.25) is 4.79 Å². The zero-order chi connectivity index (χ0) is 17.8. The van der Waals surface area contributed by atoms with Gasteiger partial charge in [0.05, 0.1) is 0 Å². The van der Waals surface area contributed by atoms with Crippen LogP contribution in [0.2, 0.25) is 0 Å². The number of hydrogen-bond acceptors (Lipinski definition) is 5. The molecule has 1 aliphatic rings. The van der Waals surface area contributed by atoms with Gasteiger partial charge in [-0.05, 0) is 23.6 Å². The molecule has 1 aliphatic heterocycles. The summed E-state index contributed by atoms with van der Waals surface area (Å²) in [6.07, 6.45) is 4.96. The van der Waals surface area contributed by atoms with Crippen molar-refractivity contribution < 1.29 is 9.53 Å². The summed E-state index contributed by atoms with van der Waals surface area (Å²) in [5, 5.41) is 0. The Hall–Kier alpha value is -2.63. The van der Waals surface area contributed by atoms with Gasteiger partial charge in [-0.15, -0.1) is 0 Å². The van der Waals surface area contributed by atoms with Crippen molar-refractivity contribution in [2.24, 2.45) is 5.73 Å². The number of nitrogens with two attached hydrogens (primary N) is 1. The molecule has 1 amide bonds. The van der Waals surface area contributed by atoms with Crippen molar-refractivity contribution in [2.75, 3.05) is 18.0 Å². The number of hydrogen-bond donors (Lipinski definition) is 1. The van der Waals surface area contributed by atoms with Crippen LogP contribution in [0.5, 0.6) is 5.75 Å². The van der Waals surface area contributed by atoms with Gasteiger partial charge in [-0.2, -0.15) is 0 Å². The summed E-state index contributed by atoms with van der Waals surface area (Å²) in [7, 11) is 0. The molecule has 1 aromatic heterocycles. The third kappa shape index (κ3) is 4.07. The molecule has 0 spiro atoms. The largest absolute Gasteiger partial charge is 0.490 e. The van der Waals surface area contributed by atoms with E-state index in [1.807, 2.05) is 12.1 Å². The molecule has 0 unspecified atom stereocenters. The Kier molecular flexibility index (Phi) is 5.16. The number of amides is 1. The Morgan fingerprint density at radius 1 is 1.16 bits per heavy atom. The van der Waals surface area contributed by atoms with Crippen molar-refractivity contribution in [2.45, 2.75) is 38.7 Å². The lowest BCUT2D eigenvalue weighted by atomic mass is 10.0. The summed E-state index contributed by atoms with van der Waals surface area (Å²) in [6, 6.07) is 8.31. The first-order valence-corrected chi connectivity index (χ1v) is 8.67. The fraction of sp³-hybridized carbons (Fsp3) is 0.421. The average Bonchev–Trinajstić information content (AvgIpc) is 2.63. The van der Waals surface area contributed by atoms with Gasteiger partial charge in [0.2, 0.25) is 0 Å². The fourth-order valence-electron chi connectivity index (χ4n) is 3.05. The molecular formula is C19H24N4O2. The second kappa shape index (κ2) is 7.51. The summed E-state index contributed by atoms with van der Waals surface area (Å²) in [5.41, 5.74) is 6.93. The number of benzene rings is 1. The zero-order valence-corrected chi connectivity index (χ0v) is 14.7. The van der Waals surface area contributed by atoms with Crippen LogP contribution in [0.4, 0.5) is 5.82 Å². The van der Waals surface area contributed by atoms with Gasteiger partial charge in [-0.1, -0.05) is 26.0 Å². The number of carbonyl (C=O) groups excluding carboxylic acids is 1. The Bertz CT molecular complexity index is 722. The van der Waals surface area contributed by atoms with E-state index < -0.39 is 5.91 Å². The van der Waals surface area contributed by atoms with Crippen molar-refractivity contribution in [1.82, 2.24) is 9.97 Å². The van der Waals surface area contributed by atoms with Crippen molar-refractivity contribution in [3.8, 4) is 5.75 Å². The molecule has 3 rings (SSSR count). The lowest BCUT2D eigenvalue weighted by molar-refractivity contribution is 0.0995. The van der Waals surface area contributed by atoms with Crippen LogP contribution in [0, 0.1) is 0 Å². The van der Waals surface area contributed by atoms with Gasteiger partial charge in [0.15, 0.2) is 11.5 Å². The maximum absolute atomic E-state index is 11.5. The van der Waals surface area contributed by atoms with Gasteiger partial charge in [0.1, 0.15) is 11.9 Å². The van der Waals surface area contributed by atoms with Crippen LogP contribution < -0.4 is 15.4 Å². The van der Waals surface area contributed by atoms with E-state index in [4.69, 9.17) is 10.5 Å². The summed E-state index contributed by atoms with van der Waals surface area (Å²) in [5.74, 6) is 1.44. The number of nitrogens with zero attached hydrogens (tertiary/aromatic N) is 3. The number of primary amides is 1. The van der Waals surface area contributed by atoms with Crippen LogP contribution >= 0.6 is 0 Å². The minimum atomic E-state index is -0.549. The fourth-order valence-corrected chi connectivity index (χ4v) is 3.05. The molecule has 1 fully saturated rings. The third-order valence-electron chi connectivity index (χ3n) is 4.50. The second-order valence-corrected chi connectivity index (χ2v) is 6.62. The average molecular weight is 340 g/mol. The van der Waals surface area contributed by atoms with E-state index in [9.17, 15) is 4.79 Å². The lowest BCUT2D eigenvalue weighted by Gasteiger charge is -2.33. The zero-order valence-electron chi connectivity index (χ0n) is 14.7. The molecule has 25 heavy (non-hydrogen) atoms. The molecule has 6 nitrogen and oxygen atoms in total. The Balaban J connectivity index is 1.60. The topological polar surface area (TPSA) is 81.3 Å². The molecule has 2 N–H and O–H groups in total. The predicted molar refractivity (Wildman–Crippen MR) is 96.9 cm³/mol. The highest BCUT2D eigenvalue weighted by Crippen LogP contribution is 2.24. The van der Waals surface area contributed by atoms with Gasteiger partial charge >= 0.3 is 0 Å². The van der Waals surface area contributed by atoms with E-state index in [2.05, 4.69) is 40.8 Å². The molecule has 1 aromatic carbocycles. The van der Waals surface area contributed by atoms with Gasteiger partial charge < -0.3 is 15.4 Å². The maximum atomic E-state index is 11.5. The van der Waals surface area contributed by atoms with Gasteiger partial charge in [0, 0.05) is 38.3 Å². The van der Waals surface area contributed by atoms with Crippen molar-refractivity contribution in [1.29, 1.82) is 0 Å². The Morgan fingerprint density at radius 3 is 2.40 bits per heavy atom. The number of carbonyl (C=O) groups is 1. The van der Waals surface area contributed by atoms with E-state index in [0.717, 1.165) is 31.7 Å². The highest BCUT2D eigenvalue weighted by Gasteiger charge is 2.24. The molecule has 2 aromatic rings. The molecule has 0 bridgehead atoms. The molecule has 6 heteroatoms. The molecule has 132 valence electrons. The second-order valence-electron chi connectivity index (χ2n) is 6.62. The smallest absolute Gasteiger partial charge is 0.271 e. The van der Waals surface area contributed by atoms with Gasteiger partial charge in [-0.25, -0.2) is 9.97 Å². The summed E-state index contributed by atoms with van der Waals surface area (Å²) >= 11 is 0. The van der Waals surface area contributed by atoms with Gasteiger partial charge in [0.25, 0.3) is 5.91 Å². The molecule has 0 atom stereocenters. The summed E-state index contributed by atoms with van der Waals surface area (Å²) < 4.78 is 6.10. The van der Waals surface area contributed by atoms with E-state index in [1.54, 1.807) is 6.20 Å². The standard InChI is InChI=1S/C19H24N4O2/c1-13(2)14-3-5-15(6-4-14)25-16-7-11-23(12-8-16)19-17(18(20)24)21-9-10-22-19/h3-6,9-10,13,16H,7-8,11-12H2,1-2H3,(H2,20,24). The predicted octanol–water partition coefficient (Wildman–Crippen LogP) is 2.75. The van der Waals surface area contributed by atoms with Crippen LogP contribution in [-0.2, 0) is 0 Å². The number of ether oxygens (including phenoxy) is 1. The normalized spacial score (nSPS) is 15.4. The van der Waals surface area contributed by atoms with Crippen LogP contribution in [0.3, 0.4) is 0 Å². The van der Waals surface area contributed by atoms with E-state index in [-0.39, 0.29) is 11.8 Å². The first kappa shape index (κ1) is 17.2. The van der Waals surface area contributed by atoms with Crippen molar-refractivity contribution in [3.63, 3.8) is 0 Å². The SMILES string of the molecule is CC(C)c1ccc(OC2CCN(c3nccnc3C(N)=O)CC2)cc1. The lowest BCUT2D eigenvalue weighted by Crippen LogP contribution is -2.40. The molecule has 0 aliphatic carbocycles. The highest BCUT2D eigenvalue weighted by atomic mass is 16.5. The number of rotatable bonds is 5. The number of piperidine rings is 1. The van der Waals surface area contributed by atoms with Crippen molar-refractivity contribution >= 4 is 11.7 Å². The van der Waals surface area contributed by atoms with E-state index >= 15 is 0 Å². The highest BCUT2D eigenvalue weighted by molar-refractivity contribution is 5.95. The first-order chi connectivity index (χ1) is 12.0. The molecule has 0 radical (unpaired) electrons. The van der Waals surface area contributed by atoms with Crippen LogP contribution in [0.1, 0.15) is 48.7 Å². The van der Waals surface area contributed by atoms with Crippen LogP contribution in [0.15, 0.2) is 36.7 Å². The minimum Gasteiger partial charge on any atom is -0.490 e. The number of aromatic nitrogens is 2. The monoisotopic (exact) mass is 340 g/mol. The summed E-state index contributed by atoms with van der Waals surface area (Å²) in [6.45, 7) is 5.87.